The lowest BCUT2D eigenvalue weighted by molar-refractivity contribution is -0.111. The van der Waals surface area contributed by atoms with E-state index in [-0.39, 0.29) is 5.78 Å². The van der Waals surface area contributed by atoms with Gasteiger partial charge in [-0.05, 0) is 42.8 Å². The number of aromatic nitrogens is 1. The van der Waals surface area contributed by atoms with Crippen molar-refractivity contribution in [2.75, 3.05) is 14.1 Å². The van der Waals surface area contributed by atoms with Crippen LogP contribution >= 0.6 is 0 Å². The fourth-order valence-corrected chi connectivity index (χ4v) is 2.27. The molecule has 0 spiro atoms. The van der Waals surface area contributed by atoms with Crippen molar-refractivity contribution < 1.29 is 4.79 Å². The number of hydrogen-bond acceptors (Lipinski definition) is 2. The first kappa shape index (κ1) is 15.1. The second kappa shape index (κ2) is 6.93. The molecule has 0 atom stereocenters. The minimum atomic E-state index is 0.181. The molecular weight excluding hydrogens is 260 g/mol. The smallest absolute Gasteiger partial charge is 0.185 e. The number of ketones is 1. The number of carbonyl (C=O) groups excluding carboxylic acids is 1. The van der Waals surface area contributed by atoms with Gasteiger partial charge in [0.2, 0.25) is 0 Å². The van der Waals surface area contributed by atoms with E-state index in [0.717, 1.165) is 29.6 Å². The number of hydrogen-bond donors (Lipinski definition) is 0. The zero-order valence-electron chi connectivity index (χ0n) is 12.9. The summed E-state index contributed by atoms with van der Waals surface area (Å²) in [6.45, 7) is 0. The van der Waals surface area contributed by atoms with Gasteiger partial charge in [-0.3, -0.25) is 4.79 Å². The Bertz CT molecular complexity index is 627. The van der Waals surface area contributed by atoms with Crippen molar-refractivity contribution in [2.24, 2.45) is 7.05 Å². The lowest BCUT2D eigenvalue weighted by Gasteiger charge is -2.00. The van der Waals surface area contributed by atoms with Crippen molar-refractivity contribution in [2.45, 2.75) is 12.8 Å². The Balaban J connectivity index is 2.03. The molecule has 1 heterocycles. The van der Waals surface area contributed by atoms with Gasteiger partial charge in [-0.1, -0.05) is 18.2 Å². The van der Waals surface area contributed by atoms with Gasteiger partial charge in [-0.25, -0.2) is 0 Å². The average Bonchev–Trinajstić information content (AvgIpc) is 2.98. The molecule has 0 radical (unpaired) electrons. The van der Waals surface area contributed by atoms with E-state index in [2.05, 4.69) is 0 Å². The second-order valence-electron chi connectivity index (χ2n) is 5.49. The molecular formula is C18H22N2O. The molecule has 2 rings (SSSR count). The Morgan fingerprint density at radius 3 is 2.57 bits per heavy atom. The molecule has 110 valence electrons. The summed E-state index contributed by atoms with van der Waals surface area (Å²) in [6, 6.07) is 2.02. The van der Waals surface area contributed by atoms with E-state index in [1.165, 1.54) is 0 Å². The summed E-state index contributed by atoms with van der Waals surface area (Å²) < 4.78 is 1.99. The summed E-state index contributed by atoms with van der Waals surface area (Å²) in [6.07, 6.45) is 17.4. The molecule has 21 heavy (non-hydrogen) atoms. The van der Waals surface area contributed by atoms with Gasteiger partial charge < -0.3 is 9.47 Å². The number of allylic oxidation sites excluding steroid dienone is 6. The normalized spacial score (nSPS) is 19.7. The molecule has 0 amide bonds. The van der Waals surface area contributed by atoms with Gasteiger partial charge in [0, 0.05) is 44.7 Å². The third-order valence-electron chi connectivity index (χ3n) is 3.35. The number of carbonyl (C=O) groups is 1. The highest BCUT2D eigenvalue weighted by Gasteiger charge is 2.22. The molecule has 0 saturated heterocycles. The van der Waals surface area contributed by atoms with Gasteiger partial charge in [0.15, 0.2) is 5.78 Å². The number of nitrogens with zero attached hydrogens (tertiary/aromatic N) is 2. The fraction of sp³-hybridized carbons (Fsp3) is 0.278. The van der Waals surface area contributed by atoms with Crippen LogP contribution in [0, 0.1) is 0 Å². The molecule has 1 aliphatic carbocycles. The quantitative estimate of drug-likeness (QED) is 0.625. The molecule has 0 unspecified atom stereocenters. The lowest BCUT2D eigenvalue weighted by Crippen LogP contribution is -1.99. The van der Waals surface area contributed by atoms with Gasteiger partial charge in [-0.15, -0.1) is 0 Å². The largest absolute Gasteiger partial charge is 0.383 e. The molecule has 0 aromatic carbocycles. The van der Waals surface area contributed by atoms with E-state index in [1.807, 2.05) is 85.7 Å². The molecule has 0 aliphatic heterocycles. The summed E-state index contributed by atoms with van der Waals surface area (Å²) in [5.41, 5.74) is 2.89. The van der Waals surface area contributed by atoms with E-state index in [1.54, 1.807) is 0 Å². The Labute approximate surface area is 126 Å². The van der Waals surface area contributed by atoms with Crippen LogP contribution in [0.1, 0.15) is 18.4 Å². The summed E-state index contributed by atoms with van der Waals surface area (Å²) in [5.74, 6) is 0.181. The van der Waals surface area contributed by atoms with Crippen LogP contribution in [-0.4, -0.2) is 29.3 Å². The van der Waals surface area contributed by atoms with Crippen molar-refractivity contribution in [3.05, 3.63) is 65.7 Å². The van der Waals surface area contributed by atoms with Gasteiger partial charge in [-0.2, -0.15) is 0 Å². The maximum absolute atomic E-state index is 12.3. The highest BCUT2D eigenvalue weighted by molar-refractivity contribution is 6.13. The van der Waals surface area contributed by atoms with Crippen LogP contribution < -0.4 is 0 Å². The van der Waals surface area contributed by atoms with Crippen molar-refractivity contribution in [1.29, 1.82) is 0 Å². The Kier molecular flexibility index (Phi) is 4.99. The van der Waals surface area contributed by atoms with E-state index in [9.17, 15) is 4.79 Å². The molecule has 1 aliphatic rings. The third-order valence-corrected chi connectivity index (χ3v) is 3.35. The molecule has 3 nitrogen and oxygen atoms in total. The minimum Gasteiger partial charge on any atom is -0.383 e. The summed E-state index contributed by atoms with van der Waals surface area (Å²) in [5, 5.41) is 0. The standard InChI is InChI=1S/C18H22N2O/c1-19(2)11-6-4-5-7-16-8-9-17(18(16)21)13-15-10-12-20(3)14-15/h4-7,10-14H,8-9H2,1-3H3. The molecule has 1 aromatic heterocycles. The first-order chi connectivity index (χ1) is 10.1. The molecule has 0 N–H and O–H groups in total. The number of aryl methyl sites for hydroxylation is 1. The van der Waals surface area contributed by atoms with E-state index < -0.39 is 0 Å². The molecule has 1 fully saturated rings. The predicted octanol–water partition coefficient (Wildman–Crippen LogP) is 3.33. The third kappa shape index (κ3) is 4.35. The van der Waals surface area contributed by atoms with Crippen LogP contribution in [0.2, 0.25) is 0 Å². The SMILES string of the molecule is CN(C)C=CC=CC=C1CCC(=Cc2ccn(C)c2)C1=O. The summed E-state index contributed by atoms with van der Waals surface area (Å²) >= 11 is 0. The Morgan fingerprint density at radius 2 is 1.90 bits per heavy atom. The Hall–Kier alpha value is -2.29. The average molecular weight is 282 g/mol. The van der Waals surface area contributed by atoms with Gasteiger partial charge in [0.1, 0.15) is 0 Å². The summed E-state index contributed by atoms with van der Waals surface area (Å²) in [7, 11) is 5.93. The van der Waals surface area contributed by atoms with Crippen LogP contribution in [0.25, 0.3) is 6.08 Å². The van der Waals surface area contributed by atoms with E-state index >= 15 is 0 Å². The van der Waals surface area contributed by atoms with Crippen molar-refractivity contribution >= 4 is 11.9 Å². The molecule has 1 saturated carbocycles. The monoisotopic (exact) mass is 282 g/mol. The second-order valence-corrected chi connectivity index (χ2v) is 5.49. The van der Waals surface area contributed by atoms with Crippen molar-refractivity contribution in [3.63, 3.8) is 0 Å². The minimum absolute atomic E-state index is 0.181. The molecule has 1 aromatic rings. The first-order valence-corrected chi connectivity index (χ1v) is 7.14. The van der Waals surface area contributed by atoms with Crippen LogP contribution in [0.4, 0.5) is 0 Å². The van der Waals surface area contributed by atoms with Crippen molar-refractivity contribution in [1.82, 2.24) is 9.47 Å². The summed E-state index contributed by atoms with van der Waals surface area (Å²) in [4.78, 5) is 14.3. The van der Waals surface area contributed by atoms with Crippen LogP contribution in [-0.2, 0) is 11.8 Å². The van der Waals surface area contributed by atoms with Gasteiger partial charge in [0.05, 0.1) is 0 Å². The highest BCUT2D eigenvalue weighted by Crippen LogP contribution is 2.27. The fourth-order valence-electron chi connectivity index (χ4n) is 2.27. The Morgan fingerprint density at radius 1 is 1.14 bits per heavy atom. The number of Topliss-reactive ketones (excluding diaryl/α,β-unsaturated/α-hetero) is 1. The van der Waals surface area contributed by atoms with Crippen molar-refractivity contribution in [3.8, 4) is 0 Å². The van der Waals surface area contributed by atoms with Gasteiger partial charge >= 0.3 is 0 Å². The first-order valence-electron chi connectivity index (χ1n) is 7.14. The zero-order chi connectivity index (χ0) is 15.2. The predicted molar refractivity (Wildman–Crippen MR) is 87.7 cm³/mol. The van der Waals surface area contributed by atoms with E-state index in [4.69, 9.17) is 0 Å². The van der Waals surface area contributed by atoms with E-state index in [0.29, 0.717) is 0 Å². The highest BCUT2D eigenvalue weighted by atomic mass is 16.1. The maximum Gasteiger partial charge on any atom is 0.185 e. The van der Waals surface area contributed by atoms with Gasteiger partial charge in [0.25, 0.3) is 0 Å². The molecule has 3 heteroatoms. The van der Waals surface area contributed by atoms with Crippen LogP contribution in [0.5, 0.6) is 0 Å². The maximum atomic E-state index is 12.3. The topological polar surface area (TPSA) is 25.2 Å². The van der Waals surface area contributed by atoms with Crippen LogP contribution in [0.15, 0.2) is 60.1 Å². The lowest BCUT2D eigenvalue weighted by atomic mass is 10.1. The van der Waals surface area contributed by atoms with Crippen LogP contribution in [0.3, 0.4) is 0 Å². The molecule has 0 bridgehead atoms. The zero-order valence-corrected chi connectivity index (χ0v) is 12.9. The number of rotatable bonds is 4.